The minimum atomic E-state index is -0.557. The fraction of sp³-hybridized carbons (Fsp3) is 0.333. The fourth-order valence-corrected chi connectivity index (χ4v) is 3.64. The number of ether oxygens (including phenoxy) is 1. The largest absolute Gasteiger partial charge is 0.462 e. The monoisotopic (exact) mass is 323 g/mol. The van der Waals surface area contributed by atoms with E-state index in [1.54, 1.807) is 11.8 Å². The molecule has 0 saturated carbocycles. The van der Waals surface area contributed by atoms with Gasteiger partial charge in [0, 0.05) is 6.20 Å². The molecule has 0 bridgehead atoms. The van der Waals surface area contributed by atoms with Gasteiger partial charge in [0.15, 0.2) is 0 Å². The number of esters is 1. The van der Waals surface area contributed by atoms with Gasteiger partial charge in [-0.3, -0.25) is 4.79 Å². The van der Waals surface area contributed by atoms with E-state index < -0.39 is 5.97 Å². The molecule has 2 aliphatic heterocycles. The zero-order chi connectivity index (χ0) is 15.6. The highest BCUT2D eigenvalue weighted by Crippen LogP contribution is 2.40. The number of fused-ring (bicyclic) bond motifs is 1. The van der Waals surface area contributed by atoms with Crippen molar-refractivity contribution in [2.24, 2.45) is 0 Å². The maximum Gasteiger partial charge on any atom is 0.344 e. The number of carbonyl (C=O) groups is 2. The zero-order valence-corrected chi connectivity index (χ0v) is 14.1. The van der Waals surface area contributed by atoms with E-state index in [0.29, 0.717) is 11.4 Å². The molecule has 0 spiro atoms. The second kappa shape index (κ2) is 6.58. The van der Waals surface area contributed by atoms with Gasteiger partial charge < -0.3 is 9.64 Å². The molecular weight excluding hydrogens is 306 g/mol. The van der Waals surface area contributed by atoms with Crippen molar-refractivity contribution in [1.82, 2.24) is 4.90 Å². The third-order valence-corrected chi connectivity index (χ3v) is 5.22. The van der Waals surface area contributed by atoms with Gasteiger partial charge in [-0.25, -0.2) is 4.79 Å². The summed E-state index contributed by atoms with van der Waals surface area (Å²) in [6.45, 7) is 3.91. The van der Waals surface area contributed by atoms with Gasteiger partial charge in [0.25, 0.3) is 0 Å². The van der Waals surface area contributed by atoms with Crippen LogP contribution in [0.5, 0.6) is 0 Å². The second-order valence-corrected chi connectivity index (χ2v) is 6.32. The Morgan fingerprint density at radius 1 is 1.33 bits per heavy atom. The number of carbonyl (C=O) groups excluding carboxylic acids is 2. The Kier molecular flexibility index (Phi) is 5.00. The number of hydrogen-bond acceptors (Lipinski definition) is 6. The van der Waals surface area contributed by atoms with E-state index >= 15 is 0 Å². The Morgan fingerprint density at radius 2 is 2.00 bits per heavy atom. The van der Waals surface area contributed by atoms with Crippen LogP contribution in [0, 0.1) is 0 Å². The zero-order valence-electron chi connectivity index (χ0n) is 12.4. The molecule has 0 saturated heterocycles. The lowest BCUT2D eigenvalue weighted by atomic mass is 10.1. The maximum absolute atomic E-state index is 12.7. The van der Waals surface area contributed by atoms with Crippen molar-refractivity contribution < 1.29 is 14.3 Å². The summed E-state index contributed by atoms with van der Waals surface area (Å²) in [4.78, 5) is 26.6. The van der Waals surface area contributed by atoms with Gasteiger partial charge in [-0.15, -0.1) is 23.5 Å². The smallest absolute Gasteiger partial charge is 0.344 e. The highest BCUT2D eigenvalue weighted by Gasteiger charge is 2.40. The van der Waals surface area contributed by atoms with Crippen LogP contribution in [0.25, 0.3) is 0 Å². The molecule has 2 rings (SSSR count). The molecule has 0 aromatic rings. The molecule has 0 aromatic carbocycles. The number of rotatable bonds is 4. The van der Waals surface area contributed by atoms with E-state index in [0.717, 1.165) is 9.81 Å². The summed E-state index contributed by atoms with van der Waals surface area (Å²) < 4.78 is 5.93. The van der Waals surface area contributed by atoms with E-state index in [4.69, 9.17) is 4.74 Å². The molecule has 2 aliphatic rings. The van der Waals surface area contributed by atoms with E-state index in [1.807, 2.05) is 37.8 Å². The molecule has 0 unspecified atom stereocenters. The first-order valence-electron chi connectivity index (χ1n) is 6.49. The highest BCUT2D eigenvalue weighted by molar-refractivity contribution is 8.21. The van der Waals surface area contributed by atoms with E-state index in [9.17, 15) is 9.59 Å². The molecule has 0 N–H and O–H groups in total. The van der Waals surface area contributed by atoms with Crippen LogP contribution in [-0.4, -0.2) is 35.8 Å². The van der Waals surface area contributed by atoms with E-state index in [2.05, 4.69) is 0 Å². The Balaban J connectivity index is 2.59. The van der Waals surface area contributed by atoms with Crippen LogP contribution in [-0.2, 0) is 14.3 Å². The van der Waals surface area contributed by atoms with Crippen LogP contribution in [0.4, 0.5) is 0 Å². The first kappa shape index (κ1) is 16.0. The van der Waals surface area contributed by atoms with Gasteiger partial charge in [0.1, 0.15) is 11.3 Å². The Bertz CT molecular complexity index is 608. The average molecular weight is 323 g/mol. The summed E-state index contributed by atoms with van der Waals surface area (Å²) in [6, 6.07) is 0. The Hall–Kier alpha value is -1.40. The summed E-state index contributed by atoms with van der Waals surface area (Å²) in [7, 11) is 0. The number of Topliss-reactive ketones (excluding diaryl/α,β-unsaturated/α-hetero) is 1. The summed E-state index contributed by atoms with van der Waals surface area (Å²) in [6.07, 6.45) is 9.43. The van der Waals surface area contributed by atoms with Gasteiger partial charge in [0.2, 0.25) is 5.78 Å². The van der Waals surface area contributed by atoms with Gasteiger partial charge in [-0.1, -0.05) is 0 Å². The van der Waals surface area contributed by atoms with E-state index in [1.165, 1.54) is 23.5 Å². The van der Waals surface area contributed by atoms with Gasteiger partial charge in [-0.05, 0) is 44.1 Å². The van der Waals surface area contributed by atoms with Crippen molar-refractivity contribution in [3.05, 3.63) is 45.1 Å². The van der Waals surface area contributed by atoms with Crippen molar-refractivity contribution in [2.75, 3.05) is 19.1 Å². The van der Waals surface area contributed by atoms with Crippen molar-refractivity contribution in [3.8, 4) is 0 Å². The molecule has 112 valence electrons. The van der Waals surface area contributed by atoms with Crippen LogP contribution in [0.2, 0.25) is 0 Å². The molecule has 0 aliphatic carbocycles. The van der Waals surface area contributed by atoms with Crippen LogP contribution in [0.3, 0.4) is 0 Å². The number of thioether (sulfide) groups is 2. The third-order valence-electron chi connectivity index (χ3n) is 3.09. The number of ketones is 1. The standard InChI is InChI=1S/C15H17NO3S2/c1-5-19-14(18)11-10-8-9(2)6-7-16(10)12(13(11)17)15(20-3)21-4/h6-8H,5H2,1-4H3. The van der Waals surface area contributed by atoms with Gasteiger partial charge in [-0.2, -0.15) is 0 Å². The first-order chi connectivity index (χ1) is 10.0. The first-order valence-corrected chi connectivity index (χ1v) is 8.94. The molecule has 4 nitrogen and oxygen atoms in total. The molecule has 2 heterocycles. The van der Waals surface area contributed by atoms with Gasteiger partial charge >= 0.3 is 5.97 Å². The highest BCUT2D eigenvalue weighted by atomic mass is 32.2. The van der Waals surface area contributed by atoms with Crippen molar-refractivity contribution in [1.29, 1.82) is 0 Å². The predicted molar refractivity (Wildman–Crippen MR) is 87.5 cm³/mol. The van der Waals surface area contributed by atoms with Crippen LogP contribution in [0.1, 0.15) is 13.8 Å². The van der Waals surface area contributed by atoms with E-state index in [-0.39, 0.29) is 18.0 Å². The summed E-state index contributed by atoms with van der Waals surface area (Å²) in [5.74, 6) is -0.823. The minimum absolute atomic E-state index is 0.121. The lowest BCUT2D eigenvalue weighted by Gasteiger charge is -2.22. The van der Waals surface area contributed by atoms with Crippen molar-refractivity contribution in [3.63, 3.8) is 0 Å². The summed E-state index contributed by atoms with van der Waals surface area (Å²) in [5, 5.41) is 0. The molecule has 21 heavy (non-hydrogen) atoms. The third kappa shape index (κ3) is 2.82. The molecule has 0 amide bonds. The maximum atomic E-state index is 12.7. The van der Waals surface area contributed by atoms with Crippen LogP contribution >= 0.6 is 23.5 Å². The summed E-state index contributed by atoms with van der Waals surface area (Å²) in [5.41, 5.74) is 2.25. The molecule has 0 fully saturated rings. The van der Waals surface area contributed by atoms with Crippen LogP contribution in [0.15, 0.2) is 45.1 Å². The minimum Gasteiger partial charge on any atom is -0.462 e. The van der Waals surface area contributed by atoms with Crippen molar-refractivity contribution in [2.45, 2.75) is 13.8 Å². The Morgan fingerprint density at radius 3 is 2.57 bits per heavy atom. The number of allylic oxidation sites excluding steroid dienone is 4. The second-order valence-electron chi connectivity index (χ2n) is 4.43. The molecule has 0 aromatic heterocycles. The lowest BCUT2D eigenvalue weighted by molar-refractivity contribution is -0.139. The number of hydrogen-bond donors (Lipinski definition) is 0. The number of nitrogens with zero attached hydrogens (tertiary/aromatic N) is 1. The normalized spacial score (nSPS) is 17.1. The topological polar surface area (TPSA) is 46.6 Å². The van der Waals surface area contributed by atoms with Gasteiger partial charge in [0.05, 0.1) is 16.5 Å². The van der Waals surface area contributed by atoms with Crippen LogP contribution < -0.4 is 0 Å². The predicted octanol–water partition coefficient (Wildman–Crippen LogP) is 3.06. The summed E-state index contributed by atoms with van der Waals surface area (Å²) >= 11 is 3.00. The molecule has 0 radical (unpaired) electrons. The fourth-order valence-electron chi connectivity index (χ4n) is 2.21. The Labute approximate surface area is 133 Å². The molecule has 0 atom stereocenters. The average Bonchev–Trinajstić information content (AvgIpc) is 2.73. The SMILES string of the molecule is CCOC(=O)C1=C2C=C(C)C=CN2C(=C(SC)SC)C1=O. The molecule has 6 heteroatoms. The molecular formula is C15H17NO3S2. The quantitative estimate of drug-likeness (QED) is 0.450. The lowest BCUT2D eigenvalue weighted by Crippen LogP contribution is -2.16. The van der Waals surface area contributed by atoms with Crippen molar-refractivity contribution >= 4 is 35.3 Å².